The first-order valence-corrected chi connectivity index (χ1v) is 6.98. The van der Waals surface area contributed by atoms with E-state index in [-0.39, 0.29) is 0 Å². The Kier molecular flexibility index (Phi) is 1.78. The Morgan fingerprint density at radius 1 is 0.300 bits per heavy atom. The normalized spacial score (nSPS) is 12.0. The maximum atomic E-state index is 2.24. The maximum absolute atomic E-state index is 2.24. The zero-order valence-corrected chi connectivity index (χ0v) is 10.9. The molecule has 4 aromatic rings. The SMILES string of the molecule is c1cc2c3cccc(c3c1)-c1cccc3c-2cccc13. The molecule has 5 rings (SSSR count). The topological polar surface area (TPSA) is 0 Å². The molecule has 0 spiro atoms. The first-order chi connectivity index (χ1) is 9.93. The van der Waals surface area contributed by atoms with E-state index in [0.29, 0.717) is 0 Å². The quantitative estimate of drug-likeness (QED) is 0.334. The van der Waals surface area contributed by atoms with E-state index in [1.807, 2.05) is 0 Å². The van der Waals surface area contributed by atoms with Gasteiger partial charge in [0.15, 0.2) is 0 Å². The Balaban J connectivity index is 2.22. The number of rotatable bonds is 0. The minimum absolute atomic E-state index is 1.34. The van der Waals surface area contributed by atoms with Gasteiger partial charge in [-0.1, -0.05) is 72.8 Å². The van der Waals surface area contributed by atoms with Crippen LogP contribution in [0.1, 0.15) is 0 Å². The molecule has 0 saturated carbocycles. The average Bonchev–Trinajstić information content (AvgIpc) is 2.51. The molecule has 20 heavy (non-hydrogen) atoms. The van der Waals surface area contributed by atoms with Crippen molar-refractivity contribution in [3.63, 3.8) is 0 Å². The third-order valence-electron chi connectivity index (χ3n) is 4.42. The summed E-state index contributed by atoms with van der Waals surface area (Å²) in [7, 11) is 0. The zero-order valence-electron chi connectivity index (χ0n) is 10.9. The van der Waals surface area contributed by atoms with Gasteiger partial charge in [0.1, 0.15) is 0 Å². The summed E-state index contributed by atoms with van der Waals surface area (Å²) in [5, 5.41) is 5.40. The predicted octanol–water partition coefficient (Wildman–Crippen LogP) is 5.64. The van der Waals surface area contributed by atoms with Gasteiger partial charge in [-0.05, 0) is 43.8 Å². The molecule has 0 atom stereocenters. The first kappa shape index (κ1) is 10.2. The van der Waals surface area contributed by atoms with E-state index >= 15 is 0 Å². The Morgan fingerprint density at radius 2 is 0.550 bits per heavy atom. The van der Waals surface area contributed by atoms with Crippen LogP contribution in [0.5, 0.6) is 0 Å². The molecular formula is C20H12. The first-order valence-electron chi connectivity index (χ1n) is 6.98. The minimum atomic E-state index is 1.34. The summed E-state index contributed by atoms with van der Waals surface area (Å²) in [6, 6.07) is 26.6. The van der Waals surface area contributed by atoms with Crippen molar-refractivity contribution in [1.82, 2.24) is 0 Å². The highest BCUT2D eigenvalue weighted by molar-refractivity contribution is 6.16. The summed E-state index contributed by atoms with van der Waals surface area (Å²) in [6.45, 7) is 0. The summed E-state index contributed by atoms with van der Waals surface area (Å²) < 4.78 is 0. The van der Waals surface area contributed by atoms with Gasteiger partial charge in [-0.3, -0.25) is 0 Å². The second-order valence-electron chi connectivity index (χ2n) is 5.41. The Bertz CT molecular complexity index is 827. The fourth-order valence-corrected chi connectivity index (χ4v) is 3.56. The van der Waals surface area contributed by atoms with Crippen LogP contribution >= 0.6 is 0 Å². The van der Waals surface area contributed by atoms with Crippen LogP contribution in [0.15, 0.2) is 72.8 Å². The standard InChI is InChI=1S/C20H12/c1-5-13-14-6-2-10-18(13)20-12-4-7-15-16(20)8-3-11-19(15)17(14)9-1/h1-12H. The van der Waals surface area contributed by atoms with Crippen molar-refractivity contribution >= 4 is 21.5 Å². The summed E-state index contributed by atoms with van der Waals surface area (Å²) in [5.41, 5.74) is 5.36. The molecule has 1 aliphatic carbocycles. The van der Waals surface area contributed by atoms with Gasteiger partial charge in [-0.25, -0.2) is 0 Å². The van der Waals surface area contributed by atoms with Crippen molar-refractivity contribution in [3.8, 4) is 22.3 Å². The van der Waals surface area contributed by atoms with Crippen LogP contribution < -0.4 is 0 Å². The van der Waals surface area contributed by atoms with Gasteiger partial charge in [0.2, 0.25) is 0 Å². The van der Waals surface area contributed by atoms with Gasteiger partial charge in [-0.15, -0.1) is 0 Å². The Morgan fingerprint density at radius 3 is 0.800 bits per heavy atom. The van der Waals surface area contributed by atoms with E-state index in [2.05, 4.69) is 72.8 Å². The van der Waals surface area contributed by atoms with Gasteiger partial charge in [0.05, 0.1) is 0 Å². The lowest BCUT2D eigenvalue weighted by atomic mass is 9.85. The zero-order chi connectivity index (χ0) is 13.1. The molecule has 0 heterocycles. The van der Waals surface area contributed by atoms with Crippen molar-refractivity contribution in [2.24, 2.45) is 0 Å². The van der Waals surface area contributed by atoms with Crippen molar-refractivity contribution in [1.29, 1.82) is 0 Å². The molecule has 0 saturated heterocycles. The maximum Gasteiger partial charge on any atom is -0.00990 e. The third-order valence-corrected chi connectivity index (χ3v) is 4.42. The third kappa shape index (κ3) is 1.12. The van der Waals surface area contributed by atoms with E-state index in [9.17, 15) is 0 Å². The van der Waals surface area contributed by atoms with Gasteiger partial charge in [0.25, 0.3) is 0 Å². The molecule has 0 aromatic heterocycles. The molecule has 4 aromatic carbocycles. The lowest BCUT2D eigenvalue weighted by molar-refractivity contribution is 1.64. The highest BCUT2D eigenvalue weighted by atomic mass is 14.2. The van der Waals surface area contributed by atoms with Crippen LogP contribution in [-0.4, -0.2) is 0 Å². The summed E-state index contributed by atoms with van der Waals surface area (Å²) in [4.78, 5) is 0. The smallest absolute Gasteiger partial charge is 0.00990 e. The largest absolute Gasteiger partial charge is 0.0610 e. The molecule has 0 amide bonds. The Labute approximate surface area is 117 Å². The summed E-state index contributed by atoms with van der Waals surface area (Å²) in [6.07, 6.45) is 0. The van der Waals surface area contributed by atoms with Crippen LogP contribution in [0.3, 0.4) is 0 Å². The fourth-order valence-electron chi connectivity index (χ4n) is 3.56. The van der Waals surface area contributed by atoms with Crippen LogP contribution in [0.2, 0.25) is 0 Å². The number of fused-ring (bicyclic) bond motifs is 2. The van der Waals surface area contributed by atoms with Crippen molar-refractivity contribution in [3.05, 3.63) is 72.8 Å². The van der Waals surface area contributed by atoms with Crippen molar-refractivity contribution < 1.29 is 0 Å². The van der Waals surface area contributed by atoms with E-state index in [1.54, 1.807) is 0 Å². The molecule has 0 radical (unpaired) electrons. The number of benzene rings is 4. The second-order valence-corrected chi connectivity index (χ2v) is 5.41. The molecule has 0 heteroatoms. The number of hydrogen-bond donors (Lipinski definition) is 0. The Hall–Kier alpha value is -2.60. The van der Waals surface area contributed by atoms with E-state index in [1.165, 1.54) is 43.8 Å². The van der Waals surface area contributed by atoms with Crippen LogP contribution in [0, 0.1) is 0 Å². The van der Waals surface area contributed by atoms with Gasteiger partial charge in [0, 0.05) is 0 Å². The molecular weight excluding hydrogens is 240 g/mol. The van der Waals surface area contributed by atoms with E-state index in [0.717, 1.165) is 0 Å². The van der Waals surface area contributed by atoms with Gasteiger partial charge in [-0.2, -0.15) is 0 Å². The fraction of sp³-hybridized carbons (Fsp3) is 0. The van der Waals surface area contributed by atoms with E-state index < -0.39 is 0 Å². The van der Waals surface area contributed by atoms with Crippen LogP contribution in [-0.2, 0) is 0 Å². The minimum Gasteiger partial charge on any atom is -0.0610 e. The molecule has 0 nitrogen and oxygen atoms in total. The molecule has 0 aliphatic heterocycles. The van der Waals surface area contributed by atoms with Crippen LogP contribution in [0.25, 0.3) is 43.8 Å². The summed E-state index contributed by atoms with van der Waals surface area (Å²) in [5.74, 6) is 0. The highest BCUT2D eigenvalue weighted by Crippen LogP contribution is 2.43. The van der Waals surface area contributed by atoms with Gasteiger partial charge < -0.3 is 0 Å². The average molecular weight is 252 g/mol. The molecule has 0 N–H and O–H groups in total. The van der Waals surface area contributed by atoms with Crippen molar-refractivity contribution in [2.45, 2.75) is 0 Å². The van der Waals surface area contributed by atoms with Crippen molar-refractivity contribution in [2.75, 3.05) is 0 Å². The van der Waals surface area contributed by atoms with E-state index in [4.69, 9.17) is 0 Å². The lowest BCUT2D eigenvalue weighted by Crippen LogP contribution is -1.91. The lowest BCUT2D eigenvalue weighted by Gasteiger charge is -2.18. The molecule has 92 valence electrons. The summed E-state index contributed by atoms with van der Waals surface area (Å²) >= 11 is 0. The van der Waals surface area contributed by atoms with Gasteiger partial charge >= 0.3 is 0 Å². The molecule has 8 bridgehead atoms. The van der Waals surface area contributed by atoms with Crippen LogP contribution in [0.4, 0.5) is 0 Å². The predicted molar refractivity (Wildman–Crippen MR) is 85.9 cm³/mol. The monoisotopic (exact) mass is 252 g/mol. The molecule has 0 unspecified atom stereocenters. The molecule has 1 aliphatic rings. The number of hydrogen-bond acceptors (Lipinski definition) is 0. The molecule has 0 fully saturated rings. The highest BCUT2D eigenvalue weighted by Gasteiger charge is 2.15. The second kappa shape index (κ2) is 3.49.